The number of esters is 1. The van der Waals surface area contributed by atoms with Gasteiger partial charge in [-0.15, -0.1) is 0 Å². The maximum Gasteiger partial charge on any atom is 0.341 e. The molecule has 3 rings (SSSR count). The predicted octanol–water partition coefficient (Wildman–Crippen LogP) is 2.97. The molecule has 1 fully saturated rings. The van der Waals surface area contributed by atoms with Crippen LogP contribution in [0.3, 0.4) is 0 Å². The predicted molar refractivity (Wildman–Crippen MR) is 103 cm³/mol. The Kier molecular flexibility index (Phi) is 5.55. The number of ether oxygens (including phenoxy) is 1. The van der Waals surface area contributed by atoms with E-state index < -0.39 is 16.0 Å². The van der Waals surface area contributed by atoms with Gasteiger partial charge in [-0.25, -0.2) is 13.2 Å². The Bertz CT molecular complexity index is 937. The second-order valence-electron chi connectivity index (χ2n) is 6.37. The number of anilines is 2. The Balaban J connectivity index is 1.82. The zero-order chi connectivity index (χ0) is 19.4. The van der Waals surface area contributed by atoms with Gasteiger partial charge in [-0.05, 0) is 49.6 Å². The Morgan fingerprint density at radius 2 is 1.85 bits per heavy atom. The molecule has 0 aromatic heterocycles. The van der Waals surface area contributed by atoms with Gasteiger partial charge in [0.25, 0.3) is 10.0 Å². The zero-order valence-electron chi connectivity index (χ0n) is 15.0. The van der Waals surface area contributed by atoms with Crippen LogP contribution in [0, 0.1) is 0 Å². The molecular weight excluding hydrogens is 368 g/mol. The molecule has 1 aliphatic heterocycles. The first kappa shape index (κ1) is 19.0. The highest BCUT2D eigenvalue weighted by Gasteiger charge is 2.19. The molecule has 1 aliphatic rings. The number of nitrogens with zero attached hydrogens (tertiary/aromatic N) is 1. The number of rotatable bonds is 5. The summed E-state index contributed by atoms with van der Waals surface area (Å²) in [7, 11) is -2.63. The second-order valence-corrected chi connectivity index (χ2v) is 8.06. The lowest BCUT2D eigenvalue weighted by atomic mass is 10.1. The largest absolute Gasteiger partial charge is 0.507 e. The lowest BCUT2D eigenvalue weighted by Crippen LogP contribution is -2.29. The summed E-state index contributed by atoms with van der Waals surface area (Å²) in [6, 6.07) is 10.7. The summed E-state index contributed by atoms with van der Waals surface area (Å²) in [4.78, 5) is 13.8. The SMILES string of the molecule is COC(=O)c1ccc(NS(=O)(=O)c2cccc(N3CCCCC3)c2)cc1O. The third kappa shape index (κ3) is 4.33. The Labute approximate surface area is 158 Å². The molecule has 0 saturated carbocycles. The molecule has 2 aromatic carbocycles. The average Bonchev–Trinajstić information content (AvgIpc) is 2.68. The maximum atomic E-state index is 12.7. The number of hydrogen-bond acceptors (Lipinski definition) is 6. The number of methoxy groups -OCH3 is 1. The van der Waals surface area contributed by atoms with Crippen molar-refractivity contribution in [3.8, 4) is 5.75 Å². The van der Waals surface area contributed by atoms with E-state index in [0.29, 0.717) is 0 Å². The van der Waals surface area contributed by atoms with Gasteiger partial charge in [0.1, 0.15) is 11.3 Å². The first-order valence-electron chi connectivity index (χ1n) is 8.70. The van der Waals surface area contributed by atoms with E-state index >= 15 is 0 Å². The van der Waals surface area contributed by atoms with Crippen LogP contribution in [0.15, 0.2) is 47.4 Å². The van der Waals surface area contributed by atoms with E-state index in [4.69, 9.17) is 0 Å². The molecule has 27 heavy (non-hydrogen) atoms. The number of aromatic hydroxyl groups is 1. The standard InChI is InChI=1S/C19H22N2O5S/c1-26-19(23)17-9-8-14(12-18(17)22)20-27(24,25)16-7-5-6-15(13-16)21-10-3-2-4-11-21/h5-9,12-13,20,22H,2-4,10-11H2,1H3. The summed E-state index contributed by atoms with van der Waals surface area (Å²) in [5, 5.41) is 9.93. The van der Waals surface area contributed by atoms with E-state index in [2.05, 4.69) is 14.4 Å². The van der Waals surface area contributed by atoms with Gasteiger partial charge in [-0.3, -0.25) is 4.72 Å². The van der Waals surface area contributed by atoms with Crippen LogP contribution < -0.4 is 9.62 Å². The highest BCUT2D eigenvalue weighted by molar-refractivity contribution is 7.92. The van der Waals surface area contributed by atoms with Crippen molar-refractivity contribution in [2.24, 2.45) is 0 Å². The number of hydrogen-bond donors (Lipinski definition) is 2. The summed E-state index contributed by atoms with van der Waals surface area (Å²) >= 11 is 0. The normalized spacial score (nSPS) is 14.6. The van der Waals surface area contributed by atoms with Gasteiger partial charge in [0.05, 0.1) is 17.7 Å². The van der Waals surface area contributed by atoms with Crippen LogP contribution in [0.1, 0.15) is 29.6 Å². The number of sulfonamides is 1. The molecule has 0 bridgehead atoms. The molecule has 8 heteroatoms. The van der Waals surface area contributed by atoms with Gasteiger partial charge in [0, 0.05) is 24.8 Å². The zero-order valence-corrected chi connectivity index (χ0v) is 15.8. The fourth-order valence-electron chi connectivity index (χ4n) is 3.09. The van der Waals surface area contributed by atoms with Crippen LogP contribution in [0.2, 0.25) is 0 Å². The average molecular weight is 390 g/mol. The van der Waals surface area contributed by atoms with Crippen molar-refractivity contribution >= 4 is 27.4 Å². The highest BCUT2D eigenvalue weighted by Crippen LogP contribution is 2.27. The molecule has 1 saturated heterocycles. The maximum absolute atomic E-state index is 12.7. The fourth-order valence-corrected chi connectivity index (χ4v) is 4.18. The van der Waals surface area contributed by atoms with Crippen LogP contribution in [0.4, 0.5) is 11.4 Å². The van der Waals surface area contributed by atoms with Gasteiger partial charge < -0.3 is 14.7 Å². The van der Waals surface area contributed by atoms with E-state index in [0.717, 1.165) is 31.6 Å². The second kappa shape index (κ2) is 7.87. The molecule has 0 aliphatic carbocycles. The van der Waals surface area contributed by atoms with Gasteiger partial charge in [0.2, 0.25) is 0 Å². The summed E-state index contributed by atoms with van der Waals surface area (Å²) in [5.74, 6) is -1.06. The molecule has 2 aromatic rings. The Hall–Kier alpha value is -2.74. The van der Waals surface area contributed by atoms with Crippen LogP contribution in [-0.2, 0) is 14.8 Å². The minimum atomic E-state index is -3.83. The van der Waals surface area contributed by atoms with Crippen molar-refractivity contribution in [1.29, 1.82) is 0 Å². The topological polar surface area (TPSA) is 95.9 Å². The molecular formula is C19H22N2O5S. The number of nitrogens with one attached hydrogen (secondary N) is 1. The lowest BCUT2D eigenvalue weighted by molar-refractivity contribution is 0.0597. The lowest BCUT2D eigenvalue weighted by Gasteiger charge is -2.29. The minimum Gasteiger partial charge on any atom is -0.507 e. The first-order valence-corrected chi connectivity index (χ1v) is 10.2. The van der Waals surface area contributed by atoms with Crippen molar-refractivity contribution in [1.82, 2.24) is 0 Å². The Morgan fingerprint density at radius 1 is 1.11 bits per heavy atom. The molecule has 0 amide bonds. The molecule has 0 spiro atoms. The van der Waals surface area contributed by atoms with Gasteiger partial charge in [-0.1, -0.05) is 6.07 Å². The Morgan fingerprint density at radius 3 is 2.52 bits per heavy atom. The van der Waals surface area contributed by atoms with E-state index in [1.54, 1.807) is 12.1 Å². The van der Waals surface area contributed by atoms with Crippen molar-refractivity contribution in [2.75, 3.05) is 29.8 Å². The van der Waals surface area contributed by atoms with E-state index in [1.165, 1.54) is 37.8 Å². The van der Waals surface area contributed by atoms with Crippen LogP contribution in [0.25, 0.3) is 0 Å². The minimum absolute atomic E-state index is 0.0347. The van der Waals surface area contributed by atoms with Crippen LogP contribution >= 0.6 is 0 Å². The van der Waals surface area contributed by atoms with Crippen LogP contribution in [0.5, 0.6) is 5.75 Å². The monoisotopic (exact) mass is 390 g/mol. The molecule has 144 valence electrons. The van der Waals surface area contributed by atoms with E-state index in [9.17, 15) is 18.3 Å². The van der Waals surface area contributed by atoms with Gasteiger partial charge >= 0.3 is 5.97 Å². The third-order valence-corrected chi connectivity index (χ3v) is 5.88. The quantitative estimate of drug-likeness (QED) is 0.762. The molecule has 0 unspecified atom stereocenters. The highest BCUT2D eigenvalue weighted by atomic mass is 32.2. The van der Waals surface area contributed by atoms with Crippen molar-refractivity contribution in [3.63, 3.8) is 0 Å². The summed E-state index contributed by atoms with van der Waals surface area (Å²) in [6.45, 7) is 1.83. The smallest absolute Gasteiger partial charge is 0.341 e. The molecule has 7 nitrogen and oxygen atoms in total. The number of carbonyl (C=O) groups is 1. The van der Waals surface area contributed by atoms with Crippen LogP contribution in [-0.4, -0.2) is 39.7 Å². The third-order valence-electron chi connectivity index (χ3n) is 4.50. The van der Waals surface area contributed by atoms with Gasteiger partial charge in [-0.2, -0.15) is 0 Å². The molecule has 0 atom stereocenters. The van der Waals surface area contributed by atoms with E-state index in [1.807, 2.05) is 6.07 Å². The number of piperidine rings is 1. The number of carbonyl (C=O) groups excluding carboxylic acids is 1. The summed E-state index contributed by atoms with van der Waals surface area (Å²) < 4.78 is 32.4. The molecule has 2 N–H and O–H groups in total. The fraction of sp³-hybridized carbons (Fsp3) is 0.316. The molecule has 0 radical (unpaired) electrons. The summed E-state index contributed by atoms with van der Waals surface area (Å²) in [6.07, 6.45) is 3.39. The first-order chi connectivity index (χ1) is 12.9. The number of benzene rings is 2. The number of phenolic OH excluding ortho intramolecular Hbond substituents is 1. The van der Waals surface area contributed by atoms with E-state index in [-0.39, 0.29) is 21.9 Å². The van der Waals surface area contributed by atoms with Gasteiger partial charge in [0.15, 0.2) is 0 Å². The van der Waals surface area contributed by atoms with Crippen molar-refractivity contribution in [2.45, 2.75) is 24.2 Å². The van der Waals surface area contributed by atoms with Crippen molar-refractivity contribution < 1.29 is 23.1 Å². The molecule has 1 heterocycles. The number of phenols is 1. The van der Waals surface area contributed by atoms with Crippen molar-refractivity contribution in [3.05, 3.63) is 48.0 Å². The summed E-state index contributed by atoms with van der Waals surface area (Å²) in [5.41, 5.74) is 0.998.